The molecule has 0 aliphatic heterocycles. The summed E-state index contributed by atoms with van der Waals surface area (Å²) >= 11 is 6.01. The lowest BCUT2D eigenvalue weighted by Gasteiger charge is -2.09. The van der Waals surface area contributed by atoms with Crippen LogP contribution in [0.2, 0.25) is 5.02 Å². The highest BCUT2D eigenvalue weighted by Gasteiger charge is 2.22. The van der Waals surface area contributed by atoms with Gasteiger partial charge in [-0.25, -0.2) is 4.98 Å². The molecule has 1 aromatic heterocycles. The maximum atomic E-state index is 11.1. The van der Waals surface area contributed by atoms with Crippen LogP contribution in [-0.4, -0.2) is 14.9 Å². The largest absolute Gasteiger partial charge is 0.368 e. The van der Waals surface area contributed by atoms with Crippen LogP contribution in [0.3, 0.4) is 0 Å². The fraction of sp³-hybridized carbons (Fsp3) is 0.0833. The number of aromatic nitrogens is 2. The molecule has 106 valence electrons. The Morgan fingerprint density at radius 2 is 2.19 bits per heavy atom. The molecule has 1 aromatic carbocycles. The molecule has 0 amide bonds. The molecule has 0 spiro atoms. The van der Waals surface area contributed by atoms with Crippen molar-refractivity contribution in [3.63, 3.8) is 0 Å². The number of nitrogens with one attached hydrogen (secondary N) is 1. The van der Waals surface area contributed by atoms with E-state index in [9.17, 15) is 10.1 Å². The average Bonchev–Trinajstić information content (AvgIpc) is 2.39. The SMILES string of the molecule is Cc1nc(N)nc(Nc2ccc(C#N)cc2Cl)c1[N+](=O)[O-]. The van der Waals surface area contributed by atoms with Crippen LogP contribution in [0.15, 0.2) is 18.2 Å². The Hall–Kier alpha value is -2.92. The molecule has 0 fully saturated rings. The zero-order chi connectivity index (χ0) is 15.6. The predicted octanol–water partition coefficient (Wildman–Crippen LogP) is 2.54. The topological polar surface area (TPSA) is 131 Å². The van der Waals surface area contributed by atoms with Crippen molar-refractivity contribution in [1.82, 2.24) is 9.97 Å². The van der Waals surface area contributed by atoms with Gasteiger partial charge >= 0.3 is 5.69 Å². The molecule has 8 nitrogen and oxygen atoms in total. The van der Waals surface area contributed by atoms with E-state index in [1.165, 1.54) is 25.1 Å². The normalized spacial score (nSPS) is 9.95. The number of anilines is 3. The molecule has 0 unspecified atom stereocenters. The number of hydrogen-bond donors (Lipinski definition) is 2. The Labute approximate surface area is 124 Å². The van der Waals surface area contributed by atoms with Gasteiger partial charge in [0.05, 0.1) is 27.3 Å². The van der Waals surface area contributed by atoms with Crippen LogP contribution in [0.4, 0.5) is 23.1 Å². The highest BCUT2D eigenvalue weighted by molar-refractivity contribution is 6.33. The quantitative estimate of drug-likeness (QED) is 0.658. The van der Waals surface area contributed by atoms with Crippen LogP contribution in [0.1, 0.15) is 11.3 Å². The Bertz CT molecular complexity index is 771. The Balaban J connectivity index is 2.49. The number of benzene rings is 1. The van der Waals surface area contributed by atoms with Gasteiger partial charge in [-0.1, -0.05) is 11.6 Å². The summed E-state index contributed by atoms with van der Waals surface area (Å²) in [4.78, 5) is 18.1. The summed E-state index contributed by atoms with van der Waals surface area (Å²) in [5.74, 6) is -0.151. The lowest BCUT2D eigenvalue weighted by atomic mass is 10.2. The second kappa shape index (κ2) is 5.60. The van der Waals surface area contributed by atoms with Crippen LogP contribution in [0.5, 0.6) is 0 Å². The van der Waals surface area contributed by atoms with Gasteiger partial charge in [0.1, 0.15) is 5.69 Å². The summed E-state index contributed by atoms with van der Waals surface area (Å²) in [5.41, 5.74) is 6.10. The van der Waals surface area contributed by atoms with Crippen molar-refractivity contribution in [3.8, 4) is 6.07 Å². The van der Waals surface area contributed by atoms with E-state index in [1.54, 1.807) is 0 Å². The van der Waals surface area contributed by atoms with Crippen LogP contribution in [0.25, 0.3) is 0 Å². The average molecular weight is 305 g/mol. The van der Waals surface area contributed by atoms with Gasteiger partial charge < -0.3 is 11.1 Å². The summed E-state index contributed by atoms with van der Waals surface area (Å²) in [6.45, 7) is 1.46. The van der Waals surface area contributed by atoms with E-state index in [4.69, 9.17) is 22.6 Å². The predicted molar refractivity (Wildman–Crippen MR) is 77.3 cm³/mol. The Kier molecular flexibility index (Phi) is 3.86. The third-order valence-corrected chi connectivity index (χ3v) is 2.92. The van der Waals surface area contributed by atoms with Crippen molar-refractivity contribution in [1.29, 1.82) is 5.26 Å². The van der Waals surface area contributed by atoms with Crippen molar-refractivity contribution < 1.29 is 4.92 Å². The van der Waals surface area contributed by atoms with Gasteiger partial charge in [0.25, 0.3) is 0 Å². The first-order valence-electron chi connectivity index (χ1n) is 5.67. The van der Waals surface area contributed by atoms with E-state index in [0.717, 1.165) is 0 Å². The Morgan fingerprint density at radius 3 is 2.76 bits per heavy atom. The monoisotopic (exact) mass is 304 g/mol. The summed E-state index contributed by atoms with van der Waals surface area (Å²) in [6, 6.07) is 6.43. The molecule has 0 radical (unpaired) electrons. The van der Waals surface area contributed by atoms with Gasteiger partial charge in [0.15, 0.2) is 0 Å². The molecule has 1 heterocycles. The minimum atomic E-state index is -0.603. The Morgan fingerprint density at radius 1 is 1.48 bits per heavy atom. The summed E-state index contributed by atoms with van der Waals surface area (Å²) in [7, 11) is 0. The molecule has 0 bridgehead atoms. The molecular formula is C12H9ClN6O2. The second-order valence-corrected chi connectivity index (χ2v) is 4.46. The highest BCUT2D eigenvalue weighted by Crippen LogP contribution is 2.31. The zero-order valence-corrected chi connectivity index (χ0v) is 11.5. The molecule has 0 saturated heterocycles. The first-order chi connectivity index (χ1) is 9.92. The van der Waals surface area contributed by atoms with Gasteiger partial charge in [0, 0.05) is 0 Å². The summed E-state index contributed by atoms with van der Waals surface area (Å²) in [5, 5.41) is 22.9. The van der Waals surface area contributed by atoms with Crippen molar-refractivity contribution in [3.05, 3.63) is 44.6 Å². The molecular weight excluding hydrogens is 296 g/mol. The van der Waals surface area contributed by atoms with E-state index in [2.05, 4.69) is 15.3 Å². The lowest BCUT2D eigenvalue weighted by Crippen LogP contribution is -2.07. The number of rotatable bonds is 3. The summed E-state index contributed by atoms with van der Waals surface area (Å²) < 4.78 is 0. The fourth-order valence-electron chi connectivity index (χ4n) is 1.71. The minimum absolute atomic E-state index is 0.0587. The molecule has 2 rings (SSSR count). The maximum absolute atomic E-state index is 11.1. The second-order valence-electron chi connectivity index (χ2n) is 4.05. The first-order valence-corrected chi connectivity index (χ1v) is 6.05. The van der Waals surface area contributed by atoms with E-state index >= 15 is 0 Å². The molecule has 2 aromatic rings. The van der Waals surface area contributed by atoms with Crippen molar-refractivity contribution >= 4 is 34.7 Å². The van der Waals surface area contributed by atoms with Crippen molar-refractivity contribution in [2.75, 3.05) is 11.1 Å². The number of aryl methyl sites for hydroxylation is 1. The van der Waals surface area contributed by atoms with E-state index < -0.39 is 4.92 Å². The van der Waals surface area contributed by atoms with Gasteiger partial charge in [-0.2, -0.15) is 10.2 Å². The first kappa shape index (κ1) is 14.5. The smallest absolute Gasteiger partial charge is 0.332 e. The van der Waals surface area contributed by atoms with Gasteiger partial charge in [-0.15, -0.1) is 0 Å². The number of nitrogen functional groups attached to an aromatic ring is 1. The van der Waals surface area contributed by atoms with Gasteiger partial charge in [-0.3, -0.25) is 10.1 Å². The molecule has 3 N–H and O–H groups in total. The number of nitrogens with zero attached hydrogens (tertiary/aromatic N) is 4. The number of halogens is 1. The van der Waals surface area contributed by atoms with E-state index in [-0.39, 0.29) is 28.2 Å². The van der Waals surface area contributed by atoms with Crippen molar-refractivity contribution in [2.45, 2.75) is 6.92 Å². The van der Waals surface area contributed by atoms with Crippen LogP contribution in [0, 0.1) is 28.4 Å². The molecule has 21 heavy (non-hydrogen) atoms. The van der Waals surface area contributed by atoms with E-state index in [1.807, 2.05) is 6.07 Å². The van der Waals surface area contributed by atoms with Crippen LogP contribution >= 0.6 is 11.6 Å². The zero-order valence-electron chi connectivity index (χ0n) is 10.8. The number of nitriles is 1. The minimum Gasteiger partial charge on any atom is -0.368 e. The number of hydrogen-bond acceptors (Lipinski definition) is 7. The van der Waals surface area contributed by atoms with Crippen LogP contribution in [-0.2, 0) is 0 Å². The standard InChI is InChI=1S/C12H9ClN6O2/c1-6-10(19(20)21)11(18-12(15)16-6)17-9-3-2-7(5-14)4-8(9)13/h2-4H,1H3,(H3,15,16,17,18). The van der Waals surface area contributed by atoms with Gasteiger partial charge in [0.2, 0.25) is 11.8 Å². The molecule has 0 aliphatic rings. The molecule has 0 aliphatic carbocycles. The number of nitrogens with two attached hydrogens (primary N) is 1. The highest BCUT2D eigenvalue weighted by atomic mass is 35.5. The fourth-order valence-corrected chi connectivity index (χ4v) is 1.94. The molecule has 9 heteroatoms. The third-order valence-electron chi connectivity index (χ3n) is 2.61. The van der Waals surface area contributed by atoms with Crippen LogP contribution < -0.4 is 11.1 Å². The third kappa shape index (κ3) is 2.98. The number of nitro groups is 1. The lowest BCUT2D eigenvalue weighted by molar-refractivity contribution is -0.385. The molecule has 0 atom stereocenters. The van der Waals surface area contributed by atoms with Gasteiger partial charge in [-0.05, 0) is 25.1 Å². The summed E-state index contributed by atoms with van der Waals surface area (Å²) in [6.07, 6.45) is 0. The van der Waals surface area contributed by atoms with E-state index in [0.29, 0.717) is 11.3 Å². The molecule has 0 saturated carbocycles. The van der Waals surface area contributed by atoms with Crippen molar-refractivity contribution in [2.24, 2.45) is 0 Å². The maximum Gasteiger partial charge on any atom is 0.332 e.